The molecule has 11 nitrogen and oxygen atoms in total. The van der Waals surface area contributed by atoms with Crippen LogP contribution in [0.4, 0.5) is 29.7 Å². The van der Waals surface area contributed by atoms with Gasteiger partial charge in [0.05, 0.1) is 54.3 Å². The maximum Gasteiger partial charge on any atom is 0.414 e. The van der Waals surface area contributed by atoms with Crippen molar-refractivity contribution in [1.82, 2.24) is 19.1 Å². The molecule has 2 amide bonds. The van der Waals surface area contributed by atoms with Crippen molar-refractivity contribution in [3.05, 3.63) is 120 Å². The first-order chi connectivity index (χ1) is 21.7. The Bertz CT molecular complexity index is 1790. The summed E-state index contributed by atoms with van der Waals surface area (Å²) in [4.78, 5) is 32.9. The number of aliphatic hydroxyl groups is 1. The highest BCUT2D eigenvalue weighted by atomic mass is 19.1. The van der Waals surface area contributed by atoms with Gasteiger partial charge in [0.15, 0.2) is 0 Å². The third-order valence-electron chi connectivity index (χ3n) is 6.71. The van der Waals surface area contributed by atoms with Gasteiger partial charge in [-0.25, -0.2) is 28.3 Å². The van der Waals surface area contributed by atoms with Crippen LogP contribution in [0.1, 0.15) is 17.0 Å². The number of anilines is 2. The molecule has 0 radical (unpaired) electrons. The smallest absolute Gasteiger partial charge is 0.414 e. The third-order valence-corrected chi connectivity index (χ3v) is 6.71. The fourth-order valence-corrected chi connectivity index (χ4v) is 4.48. The van der Waals surface area contributed by atoms with Crippen LogP contribution < -0.4 is 10.2 Å². The van der Waals surface area contributed by atoms with E-state index in [-0.39, 0.29) is 19.8 Å². The van der Waals surface area contributed by atoms with Crippen molar-refractivity contribution in [2.24, 2.45) is 0 Å². The topological polar surface area (TPSA) is 124 Å². The minimum absolute atomic E-state index is 0.154. The van der Waals surface area contributed by atoms with Crippen molar-refractivity contribution in [1.29, 1.82) is 0 Å². The molecular weight excluding hydrogens is 586 g/mol. The Morgan fingerprint density at radius 1 is 0.956 bits per heavy atom. The summed E-state index contributed by atoms with van der Waals surface area (Å²) in [5.74, 6) is -0.932. The van der Waals surface area contributed by atoms with E-state index in [4.69, 9.17) is 14.6 Å². The molecule has 1 unspecified atom stereocenters. The molecular formula is C32H30F2N6O5. The summed E-state index contributed by atoms with van der Waals surface area (Å²) in [5, 5.41) is 11.5. The molecule has 232 valence electrons. The number of cyclic esters (lactones) is 1. The number of halogens is 2. The van der Waals surface area contributed by atoms with E-state index in [2.05, 4.69) is 15.3 Å². The molecule has 2 N–H and O–H groups in total. The van der Waals surface area contributed by atoms with E-state index in [1.54, 1.807) is 45.8 Å². The van der Waals surface area contributed by atoms with E-state index in [1.807, 2.05) is 44.2 Å². The Kier molecular flexibility index (Phi) is 9.49. The zero-order valence-electron chi connectivity index (χ0n) is 24.4. The number of benzene rings is 3. The van der Waals surface area contributed by atoms with Gasteiger partial charge in [0.2, 0.25) is 0 Å². The van der Waals surface area contributed by atoms with Gasteiger partial charge in [0, 0.05) is 18.1 Å². The highest BCUT2D eigenvalue weighted by Crippen LogP contribution is 2.25. The van der Waals surface area contributed by atoms with E-state index in [0.717, 1.165) is 17.0 Å². The van der Waals surface area contributed by atoms with E-state index >= 15 is 0 Å². The molecule has 0 bridgehead atoms. The number of aryl methyl sites for hydroxylation is 2. The fourth-order valence-electron chi connectivity index (χ4n) is 4.48. The molecule has 5 aromatic rings. The monoisotopic (exact) mass is 616 g/mol. The number of hydrogen-bond donors (Lipinski definition) is 2. The normalized spacial score (nSPS) is 14.0. The first kappa shape index (κ1) is 30.9. The van der Waals surface area contributed by atoms with Gasteiger partial charge in [0.1, 0.15) is 24.3 Å². The summed E-state index contributed by atoms with van der Waals surface area (Å²) >= 11 is 0. The maximum atomic E-state index is 14.2. The van der Waals surface area contributed by atoms with Crippen LogP contribution in [0.5, 0.6) is 0 Å². The molecule has 13 heteroatoms. The average Bonchev–Trinajstić information content (AvgIpc) is 3.76. The van der Waals surface area contributed by atoms with Crippen molar-refractivity contribution >= 4 is 23.6 Å². The molecule has 1 aliphatic rings. The molecule has 0 aliphatic carbocycles. The van der Waals surface area contributed by atoms with Crippen LogP contribution in [-0.4, -0.2) is 55.7 Å². The molecule has 0 saturated carbocycles. The van der Waals surface area contributed by atoms with Crippen LogP contribution in [0.3, 0.4) is 0 Å². The van der Waals surface area contributed by atoms with Gasteiger partial charge in [-0.1, -0.05) is 30.3 Å². The van der Waals surface area contributed by atoms with Gasteiger partial charge < -0.3 is 23.7 Å². The summed E-state index contributed by atoms with van der Waals surface area (Å²) in [6, 6.07) is 18.2. The minimum Gasteiger partial charge on any atom is -0.444 e. The predicted molar refractivity (Wildman–Crippen MR) is 161 cm³/mol. The number of carbonyl (C=O) groups excluding carboxylic acids is 2. The largest absolute Gasteiger partial charge is 0.444 e. The molecule has 1 fully saturated rings. The van der Waals surface area contributed by atoms with Gasteiger partial charge in [-0.15, -0.1) is 0 Å². The Morgan fingerprint density at radius 2 is 1.58 bits per heavy atom. The lowest BCUT2D eigenvalue weighted by molar-refractivity contribution is 0.0963. The number of amides is 2. The van der Waals surface area contributed by atoms with Crippen molar-refractivity contribution in [3.63, 3.8) is 0 Å². The zero-order valence-corrected chi connectivity index (χ0v) is 24.4. The van der Waals surface area contributed by atoms with Crippen molar-refractivity contribution in [2.75, 3.05) is 23.4 Å². The van der Waals surface area contributed by atoms with E-state index in [1.165, 1.54) is 29.7 Å². The highest BCUT2D eigenvalue weighted by Gasteiger charge is 2.32. The summed E-state index contributed by atoms with van der Waals surface area (Å²) in [6.07, 6.45) is 4.71. The average molecular weight is 617 g/mol. The summed E-state index contributed by atoms with van der Waals surface area (Å²) in [7, 11) is 0. The van der Waals surface area contributed by atoms with Crippen molar-refractivity contribution in [3.8, 4) is 11.4 Å². The molecule has 0 spiro atoms. The van der Waals surface area contributed by atoms with Gasteiger partial charge in [-0.05, 0) is 55.8 Å². The number of carbonyl (C=O) groups is 2. The molecule has 6 rings (SSSR count). The molecule has 1 aliphatic heterocycles. The van der Waals surface area contributed by atoms with Gasteiger partial charge in [0.25, 0.3) is 0 Å². The highest BCUT2D eigenvalue weighted by molar-refractivity contribution is 5.90. The molecule has 1 saturated heterocycles. The summed E-state index contributed by atoms with van der Waals surface area (Å²) < 4.78 is 41.6. The van der Waals surface area contributed by atoms with Crippen LogP contribution in [0.15, 0.2) is 91.8 Å². The van der Waals surface area contributed by atoms with E-state index < -0.39 is 29.9 Å². The van der Waals surface area contributed by atoms with Gasteiger partial charge >= 0.3 is 12.2 Å². The maximum absolute atomic E-state index is 14.2. The second-order valence-electron chi connectivity index (χ2n) is 10.1. The third kappa shape index (κ3) is 7.70. The second-order valence-corrected chi connectivity index (χ2v) is 10.1. The zero-order chi connectivity index (χ0) is 31.9. The quantitative estimate of drug-likeness (QED) is 0.240. The molecule has 45 heavy (non-hydrogen) atoms. The lowest BCUT2D eigenvalue weighted by Gasteiger charge is -2.14. The number of ether oxygens (including phenoxy) is 2. The molecule has 1 atom stereocenters. The number of nitrogens with one attached hydrogen (secondary N) is 1. The van der Waals surface area contributed by atoms with Crippen molar-refractivity contribution in [2.45, 2.75) is 26.6 Å². The van der Waals surface area contributed by atoms with Gasteiger partial charge in [-0.2, -0.15) is 0 Å². The minimum atomic E-state index is -0.635. The van der Waals surface area contributed by atoms with E-state index in [0.29, 0.717) is 22.7 Å². The standard InChI is InChI=1S/C18H16FN3O2.C14H14FN3O3/c1-13-10-22(12-20-13)17-8-7-15(9-16(17)19)21-18(23)24-11-14-5-3-2-4-6-14;1-9-5-17(8-16-9)13-3-2-10(4-12(13)15)18-6-11(7-19)21-14(18)20/h2-10,12H,11H2,1H3,(H,21,23);2-5,8,11,19H,6-7H2,1H3. The van der Waals surface area contributed by atoms with Crippen LogP contribution in [0.25, 0.3) is 11.4 Å². The number of aliphatic hydroxyl groups excluding tert-OH is 1. The lowest BCUT2D eigenvalue weighted by atomic mass is 10.2. The Hall–Kier alpha value is -5.56. The van der Waals surface area contributed by atoms with Crippen LogP contribution in [-0.2, 0) is 16.1 Å². The Balaban J connectivity index is 0.000000179. The number of hydrogen-bond acceptors (Lipinski definition) is 7. The Labute approximate surface area is 257 Å². The van der Waals surface area contributed by atoms with Gasteiger partial charge in [-0.3, -0.25) is 10.2 Å². The first-order valence-electron chi connectivity index (χ1n) is 13.9. The second kappa shape index (κ2) is 13.8. The SMILES string of the molecule is Cc1cn(-c2ccc(N3CC(CO)OC3=O)cc2F)cn1.Cc1cn(-c2ccc(NC(=O)OCc3ccccc3)cc2F)cn1. The number of imidazole rings is 2. The molecule has 3 aromatic carbocycles. The van der Waals surface area contributed by atoms with Crippen LogP contribution >= 0.6 is 0 Å². The summed E-state index contributed by atoms with van der Waals surface area (Å²) in [5.41, 5.74) is 3.89. The first-order valence-corrected chi connectivity index (χ1v) is 13.9. The molecule has 2 aromatic heterocycles. The number of rotatable bonds is 7. The predicted octanol–water partition coefficient (Wildman–Crippen LogP) is 5.71. The van der Waals surface area contributed by atoms with E-state index in [9.17, 15) is 18.4 Å². The van der Waals surface area contributed by atoms with Crippen LogP contribution in [0, 0.1) is 25.5 Å². The number of nitrogens with zero attached hydrogens (tertiary/aromatic N) is 5. The van der Waals surface area contributed by atoms with Crippen molar-refractivity contribution < 1.29 is 33.0 Å². The fraction of sp³-hybridized carbons (Fsp3) is 0.188. The lowest BCUT2D eigenvalue weighted by Crippen LogP contribution is -2.25. The molecule has 3 heterocycles. The Morgan fingerprint density at radius 3 is 2.11 bits per heavy atom. The summed E-state index contributed by atoms with van der Waals surface area (Å²) in [6.45, 7) is 3.75. The van der Waals surface area contributed by atoms with Crippen LogP contribution in [0.2, 0.25) is 0 Å². The number of aromatic nitrogens is 4.